The van der Waals surface area contributed by atoms with E-state index in [0.29, 0.717) is 10.9 Å². The van der Waals surface area contributed by atoms with Crippen LogP contribution in [0.1, 0.15) is 0 Å². The minimum atomic E-state index is -0.533. The average Bonchev–Trinajstić information content (AvgIpc) is 2.19. The Balaban J connectivity index is 2.86. The molecule has 0 bridgehead atoms. The number of benzene rings is 1. The van der Waals surface area contributed by atoms with Gasteiger partial charge in [0.15, 0.2) is 0 Å². The molecule has 0 aliphatic heterocycles. The monoisotopic (exact) mass is 334 g/mol. The molecule has 0 aliphatic carbocycles. The van der Waals surface area contributed by atoms with Gasteiger partial charge in [0.05, 0.1) is 10.4 Å². The number of fused-ring (bicyclic) bond motifs is 1. The van der Waals surface area contributed by atoms with Gasteiger partial charge in [0.25, 0.3) is 0 Å². The fourth-order valence-corrected chi connectivity index (χ4v) is 2.18. The number of nitro groups is 1. The van der Waals surface area contributed by atoms with Crippen LogP contribution in [-0.4, -0.2) is 9.91 Å². The molecule has 0 N–H and O–H groups in total. The molecule has 6 heteroatoms. The summed E-state index contributed by atoms with van der Waals surface area (Å²) in [6.45, 7) is 0. The summed E-state index contributed by atoms with van der Waals surface area (Å²) in [5.74, 6) is 0. The maximum atomic E-state index is 10.6. The highest BCUT2D eigenvalue weighted by molar-refractivity contribution is 14.1. The van der Waals surface area contributed by atoms with E-state index in [9.17, 15) is 10.1 Å². The predicted octanol–water partition coefficient (Wildman–Crippen LogP) is 3.40. The Labute approximate surface area is 104 Å². The molecule has 1 aromatic carbocycles. The van der Waals surface area contributed by atoms with Crippen LogP contribution in [0.15, 0.2) is 24.4 Å². The first-order valence-electron chi connectivity index (χ1n) is 3.98. The first-order valence-corrected chi connectivity index (χ1v) is 5.44. The molecule has 0 fully saturated rings. The van der Waals surface area contributed by atoms with Crippen LogP contribution in [0, 0.1) is 13.7 Å². The van der Waals surface area contributed by atoms with E-state index < -0.39 is 4.92 Å². The number of aromatic nitrogens is 1. The lowest BCUT2D eigenvalue weighted by atomic mass is 10.2. The normalized spacial score (nSPS) is 10.5. The molecular weight excluding hydrogens is 330 g/mol. The van der Waals surface area contributed by atoms with Crippen LogP contribution in [0.2, 0.25) is 5.02 Å². The molecule has 0 spiro atoms. The van der Waals surface area contributed by atoms with Crippen LogP contribution >= 0.6 is 34.2 Å². The van der Waals surface area contributed by atoms with Crippen molar-refractivity contribution in [2.24, 2.45) is 0 Å². The Bertz CT molecular complexity index is 559. The molecule has 0 aliphatic rings. The number of hydrogen-bond acceptors (Lipinski definition) is 3. The van der Waals surface area contributed by atoms with E-state index in [2.05, 4.69) is 27.6 Å². The second kappa shape index (κ2) is 3.90. The van der Waals surface area contributed by atoms with E-state index in [1.54, 1.807) is 12.1 Å². The SMILES string of the molecule is O=[N+]([O-])c1cnc2c(I)cccc2c1Cl. The molecule has 0 saturated heterocycles. The highest BCUT2D eigenvalue weighted by Crippen LogP contribution is 2.32. The predicted molar refractivity (Wildman–Crippen MR) is 66.1 cm³/mol. The maximum absolute atomic E-state index is 10.6. The summed E-state index contributed by atoms with van der Waals surface area (Å²) in [6, 6.07) is 5.39. The Morgan fingerprint density at radius 3 is 2.87 bits per heavy atom. The van der Waals surface area contributed by atoms with Crippen LogP contribution in [0.5, 0.6) is 0 Å². The van der Waals surface area contributed by atoms with E-state index in [-0.39, 0.29) is 10.7 Å². The Morgan fingerprint density at radius 1 is 1.47 bits per heavy atom. The van der Waals surface area contributed by atoms with Crippen molar-refractivity contribution >= 4 is 50.8 Å². The van der Waals surface area contributed by atoms with Gasteiger partial charge in [-0.15, -0.1) is 0 Å². The average molecular weight is 334 g/mol. The Hall–Kier alpha value is -0.950. The summed E-state index contributed by atoms with van der Waals surface area (Å²) in [7, 11) is 0. The fourth-order valence-electron chi connectivity index (χ4n) is 1.27. The Morgan fingerprint density at radius 2 is 2.20 bits per heavy atom. The highest BCUT2D eigenvalue weighted by Gasteiger charge is 2.16. The number of nitrogens with zero attached hydrogens (tertiary/aromatic N) is 2. The zero-order chi connectivity index (χ0) is 11.0. The zero-order valence-electron chi connectivity index (χ0n) is 7.28. The van der Waals surface area contributed by atoms with E-state index in [4.69, 9.17) is 11.6 Å². The second-order valence-electron chi connectivity index (χ2n) is 2.85. The van der Waals surface area contributed by atoms with Crippen molar-refractivity contribution in [1.82, 2.24) is 4.98 Å². The van der Waals surface area contributed by atoms with Gasteiger partial charge < -0.3 is 0 Å². The van der Waals surface area contributed by atoms with Crippen molar-refractivity contribution in [1.29, 1.82) is 0 Å². The molecule has 15 heavy (non-hydrogen) atoms. The van der Waals surface area contributed by atoms with Gasteiger partial charge in [0.2, 0.25) is 0 Å². The summed E-state index contributed by atoms with van der Waals surface area (Å²) >= 11 is 8.04. The summed E-state index contributed by atoms with van der Waals surface area (Å²) < 4.78 is 0.918. The number of rotatable bonds is 1. The minimum Gasteiger partial charge on any atom is -0.258 e. The first-order chi connectivity index (χ1) is 7.11. The standard InChI is InChI=1S/C9H4ClIN2O2/c10-8-5-2-1-3-6(11)9(5)12-4-7(8)13(14)15/h1-4H. The van der Waals surface area contributed by atoms with Gasteiger partial charge in [0.1, 0.15) is 11.2 Å². The summed E-state index contributed by atoms with van der Waals surface area (Å²) in [4.78, 5) is 14.1. The van der Waals surface area contributed by atoms with Crippen molar-refractivity contribution in [2.75, 3.05) is 0 Å². The van der Waals surface area contributed by atoms with Crippen LogP contribution in [0.25, 0.3) is 10.9 Å². The maximum Gasteiger partial charge on any atom is 0.306 e. The van der Waals surface area contributed by atoms with Gasteiger partial charge in [0, 0.05) is 8.96 Å². The molecule has 1 aromatic heterocycles. The van der Waals surface area contributed by atoms with Gasteiger partial charge in [-0.25, -0.2) is 4.98 Å². The second-order valence-corrected chi connectivity index (χ2v) is 4.39. The van der Waals surface area contributed by atoms with Crippen molar-refractivity contribution in [3.05, 3.63) is 43.1 Å². The van der Waals surface area contributed by atoms with Gasteiger partial charge in [-0.05, 0) is 28.7 Å². The molecule has 4 nitrogen and oxygen atoms in total. The van der Waals surface area contributed by atoms with Crippen molar-refractivity contribution in [2.45, 2.75) is 0 Å². The van der Waals surface area contributed by atoms with Crippen LogP contribution in [0.4, 0.5) is 5.69 Å². The topological polar surface area (TPSA) is 56.0 Å². The first kappa shape index (κ1) is 10.6. The van der Waals surface area contributed by atoms with Gasteiger partial charge in [-0.1, -0.05) is 23.7 Å². The molecule has 2 rings (SSSR count). The Kier molecular flexibility index (Phi) is 2.74. The number of hydrogen-bond donors (Lipinski definition) is 0. The molecule has 1 heterocycles. The lowest BCUT2D eigenvalue weighted by Gasteiger charge is -2.01. The van der Waals surface area contributed by atoms with E-state index in [0.717, 1.165) is 3.57 Å². The quantitative estimate of drug-likeness (QED) is 0.456. The van der Waals surface area contributed by atoms with Crippen molar-refractivity contribution in [3.8, 4) is 0 Å². The molecule has 0 atom stereocenters. The third-order valence-electron chi connectivity index (χ3n) is 1.96. The summed E-state index contributed by atoms with van der Waals surface area (Å²) in [6.07, 6.45) is 1.19. The number of para-hydroxylation sites is 1. The highest BCUT2D eigenvalue weighted by atomic mass is 127. The minimum absolute atomic E-state index is 0.142. The van der Waals surface area contributed by atoms with Crippen LogP contribution in [0.3, 0.4) is 0 Å². The van der Waals surface area contributed by atoms with Crippen molar-refractivity contribution in [3.63, 3.8) is 0 Å². The van der Waals surface area contributed by atoms with Crippen LogP contribution in [-0.2, 0) is 0 Å². The smallest absolute Gasteiger partial charge is 0.258 e. The lowest BCUT2D eigenvalue weighted by molar-refractivity contribution is -0.384. The van der Waals surface area contributed by atoms with E-state index >= 15 is 0 Å². The third kappa shape index (κ3) is 1.76. The molecular formula is C9H4ClIN2O2. The molecule has 0 unspecified atom stereocenters. The fraction of sp³-hybridized carbons (Fsp3) is 0. The third-order valence-corrected chi connectivity index (χ3v) is 3.23. The largest absolute Gasteiger partial charge is 0.306 e. The molecule has 2 aromatic rings. The van der Waals surface area contributed by atoms with Crippen molar-refractivity contribution < 1.29 is 4.92 Å². The van der Waals surface area contributed by atoms with Gasteiger partial charge >= 0.3 is 5.69 Å². The molecule has 0 radical (unpaired) electrons. The van der Waals surface area contributed by atoms with Gasteiger partial charge in [-0.2, -0.15) is 0 Å². The number of pyridine rings is 1. The molecule has 0 saturated carbocycles. The summed E-state index contributed by atoms with van der Waals surface area (Å²) in [5.41, 5.74) is 0.528. The zero-order valence-corrected chi connectivity index (χ0v) is 10.2. The van der Waals surface area contributed by atoms with E-state index in [1.165, 1.54) is 6.20 Å². The number of halogens is 2. The molecule has 0 amide bonds. The van der Waals surface area contributed by atoms with Crippen LogP contribution < -0.4 is 0 Å². The lowest BCUT2D eigenvalue weighted by Crippen LogP contribution is -1.92. The molecule has 76 valence electrons. The van der Waals surface area contributed by atoms with E-state index in [1.807, 2.05) is 6.07 Å². The van der Waals surface area contributed by atoms with Gasteiger partial charge in [-0.3, -0.25) is 10.1 Å². The summed E-state index contributed by atoms with van der Waals surface area (Å²) in [5, 5.41) is 11.4.